The number of rotatable bonds is 34. The number of hydrogen-bond donors (Lipinski definition) is 22. The largest absolute Gasteiger partial charge is 0.477 e. The van der Waals surface area contributed by atoms with Crippen molar-refractivity contribution >= 4 is 29.5 Å². The number of aliphatic hydroxyl groups excluding tert-OH is 18. The van der Waals surface area contributed by atoms with E-state index in [-0.39, 0.29) is 25.7 Å². The molecule has 43 heteroatoms. The maximum atomic E-state index is 15.4. The summed E-state index contributed by atoms with van der Waals surface area (Å²) in [5.74, 6) is -3.02. The molecule has 22 N–H and O–H groups in total. The van der Waals surface area contributed by atoms with Gasteiger partial charge in [-0.1, -0.05) is 31.1 Å². The van der Waals surface area contributed by atoms with E-state index in [0.29, 0.717) is 32.1 Å². The molecule has 15 unspecified atom stereocenters. The van der Waals surface area contributed by atoms with Crippen molar-refractivity contribution in [2.24, 2.45) is 0 Å². The van der Waals surface area contributed by atoms with Gasteiger partial charge in [-0.3, -0.25) is 19.2 Å². The molecule has 0 aromatic heterocycles. The third kappa shape index (κ3) is 21.3. The molecule has 0 spiro atoms. The predicted molar refractivity (Wildman–Crippen MR) is 349 cm³/mol. The number of halogens is 1. The van der Waals surface area contributed by atoms with Gasteiger partial charge in [0.1, 0.15) is 153 Å². The van der Waals surface area contributed by atoms with Crippen LogP contribution in [0, 0.1) is 11.8 Å². The Hall–Kier alpha value is -4.28. The lowest BCUT2D eigenvalue weighted by molar-refractivity contribution is -0.405. The molecule has 1 aliphatic carbocycles. The standard InChI is InChI=1S/C66H106FN3O39/c1-26(77)69-38-28(79)18-66(64(93)94,108-50(38)29(80)19-68-37(82)15-11-7-6-10-14-36(81)65(67)16-12-8-5-9-13-17-65)109-55-41(84)31(21-72)98-61(47(55)90)103-51-32(22-73)99-58(39(42(51)85)70-27(2)78)106-56-48(91)63(101-34(24-75)53(56)95-3)105-54-35(25-76)102-62(104-52-33(23-74)100-59(96-4)46(89)44(52)87)49(92)57(54)107-60-45(88)43(86)40(83)30(20-71)97-60/h28-35,38-63,71-76,79-80,83-92H,5-12,14-16,18-25H2,1-4H3,(H,68,82)(H,69,77)(H,70,78)(H,93,94)/t28-,29?,30?,31?,32?,33?,34?,35?,38+,39?,40-,41+,42-,43+,44-,45?,46?,47?,48?,49?,50?,51-,52-,53-,54+,55+,56-,57-,58+,59-,60+,61+,62+,63-,65?,66-/m1/s1. The van der Waals surface area contributed by atoms with Gasteiger partial charge in [-0.05, 0) is 25.7 Å². The Labute approximate surface area is 623 Å². The van der Waals surface area contributed by atoms with Gasteiger partial charge in [0.25, 0.3) is 5.79 Å². The van der Waals surface area contributed by atoms with E-state index in [2.05, 4.69) is 27.8 Å². The number of carbonyl (C=O) groups excluding carboxylic acids is 4. The highest BCUT2D eigenvalue weighted by atomic mass is 19.1. The van der Waals surface area contributed by atoms with E-state index in [9.17, 15) is 121 Å². The highest BCUT2D eigenvalue weighted by Crippen LogP contribution is 2.42. The molecule has 626 valence electrons. The van der Waals surface area contributed by atoms with Crippen molar-refractivity contribution in [2.75, 3.05) is 60.4 Å². The molecular formula is C66H106FN3O39. The van der Waals surface area contributed by atoms with E-state index in [0.717, 1.165) is 40.9 Å². The monoisotopic (exact) mass is 1580 g/mol. The van der Waals surface area contributed by atoms with Crippen molar-refractivity contribution in [2.45, 2.75) is 311 Å². The van der Waals surface area contributed by atoms with E-state index >= 15 is 4.39 Å². The van der Waals surface area contributed by atoms with Crippen LogP contribution in [0.3, 0.4) is 0 Å². The van der Waals surface area contributed by atoms with Gasteiger partial charge in [0.05, 0.1) is 57.9 Å². The minimum Gasteiger partial charge on any atom is -0.477 e. The number of hydrogen-bond acceptors (Lipinski definition) is 38. The molecule has 0 bridgehead atoms. The van der Waals surface area contributed by atoms with Crippen LogP contribution in [-0.2, 0) is 95.0 Å². The first-order valence-corrected chi connectivity index (χ1v) is 36.0. The smallest absolute Gasteiger partial charge is 0.364 e. The summed E-state index contributed by atoms with van der Waals surface area (Å²) in [4.78, 5) is 64.9. The third-order valence-electron chi connectivity index (χ3n) is 20.4. The lowest BCUT2D eigenvalue weighted by Crippen LogP contribution is -2.71. The number of nitrogens with one attached hydrogen (secondary N) is 3. The molecule has 0 aromatic rings. The van der Waals surface area contributed by atoms with Crippen LogP contribution >= 0.6 is 0 Å². The fourth-order valence-electron chi connectivity index (χ4n) is 14.4. The minimum atomic E-state index is -3.21. The summed E-state index contributed by atoms with van der Waals surface area (Å²) >= 11 is 0. The Kier molecular flexibility index (Phi) is 33.8. The fourth-order valence-corrected chi connectivity index (χ4v) is 14.4. The molecule has 8 rings (SSSR count). The van der Waals surface area contributed by atoms with Gasteiger partial charge in [-0.15, -0.1) is 0 Å². The van der Waals surface area contributed by atoms with Crippen molar-refractivity contribution in [3.8, 4) is 11.8 Å². The molecule has 7 aliphatic heterocycles. The van der Waals surface area contributed by atoms with Crippen molar-refractivity contribution in [3.05, 3.63) is 0 Å². The number of ketones is 1. The number of aliphatic hydroxyl groups is 18. The topological polar surface area (TPSA) is 644 Å². The zero-order chi connectivity index (χ0) is 80.1. The van der Waals surface area contributed by atoms with Gasteiger partial charge < -0.3 is 184 Å². The number of alkyl halides is 1. The number of Topliss-reactive ketones (excluding diaryl/α,β-unsaturated/α-hetero) is 1. The normalized spacial score (nSPS) is 43.8. The summed E-state index contributed by atoms with van der Waals surface area (Å²) in [5, 5.41) is 220. The van der Waals surface area contributed by atoms with Gasteiger partial charge in [-0.25, -0.2) is 9.18 Å². The van der Waals surface area contributed by atoms with Crippen molar-refractivity contribution in [3.63, 3.8) is 0 Å². The summed E-state index contributed by atoms with van der Waals surface area (Å²) in [5.41, 5.74) is -2.20. The molecular weight excluding hydrogens is 1480 g/mol. The van der Waals surface area contributed by atoms with Crippen LogP contribution in [0.5, 0.6) is 0 Å². The van der Waals surface area contributed by atoms with Crippen LogP contribution in [0.2, 0.25) is 0 Å². The molecule has 3 amide bonds. The SMILES string of the molecule is CO[C@@H]1OC(CO)[C@@H](O[C@@H]2OC(CO)[C@H](O[C@H]3OC(CO)[C@@H](OC)[C@H](O[C@@H]4OC(CO)[C@@H](O[C@@H]5OC(CO)[C@H](O)[C@H](O[C@@]6(C(=O)O)C[C@@H](O)[C@H](NC(C)=O)C(C(O)CNC(=O)CCCCCCC(=O)C7(F)C#CCCCCC7)O6)C5O)[C@H](O)C4NC(C)=O)C3O)[C@H](O[C@@H]3OC(CO)[C@@H](O)[C@H](O)C3O)C2O)[C@H](O)C1O. The van der Waals surface area contributed by atoms with E-state index in [1.807, 2.05) is 0 Å². The molecule has 109 heavy (non-hydrogen) atoms. The summed E-state index contributed by atoms with van der Waals surface area (Å²) in [6.45, 7) is -5.10. The van der Waals surface area contributed by atoms with Gasteiger partial charge in [0.15, 0.2) is 43.5 Å². The maximum absolute atomic E-state index is 15.4. The Bertz CT molecular complexity index is 2970. The van der Waals surface area contributed by atoms with Crippen molar-refractivity contribution < 1.29 is 196 Å². The van der Waals surface area contributed by atoms with E-state index in [4.69, 9.17) is 71.1 Å². The van der Waals surface area contributed by atoms with Gasteiger partial charge in [-0.2, -0.15) is 0 Å². The minimum absolute atomic E-state index is 0.0219. The number of methoxy groups -OCH3 is 2. The summed E-state index contributed by atoms with van der Waals surface area (Å²) in [6, 6.07) is -3.56. The van der Waals surface area contributed by atoms with E-state index in [1.165, 1.54) is 0 Å². The zero-order valence-electron chi connectivity index (χ0n) is 60.1. The molecule has 36 atom stereocenters. The molecule has 7 fully saturated rings. The molecule has 7 saturated heterocycles. The predicted octanol–water partition coefficient (Wildman–Crippen LogP) is -11.1. The molecule has 42 nitrogen and oxygen atoms in total. The lowest BCUT2D eigenvalue weighted by Gasteiger charge is -2.52. The molecule has 0 aromatic carbocycles. The van der Waals surface area contributed by atoms with Gasteiger partial charge in [0.2, 0.25) is 23.4 Å². The first-order valence-electron chi connectivity index (χ1n) is 36.0. The first-order chi connectivity index (χ1) is 51.8. The first kappa shape index (κ1) is 90.3. The van der Waals surface area contributed by atoms with Gasteiger partial charge >= 0.3 is 5.97 Å². The van der Waals surface area contributed by atoms with Crippen molar-refractivity contribution in [1.82, 2.24) is 16.0 Å². The summed E-state index contributed by atoms with van der Waals surface area (Å²) in [6.07, 6.45) is -61.4. The average molecular weight is 1580 g/mol. The second kappa shape index (κ2) is 40.8. The Balaban J connectivity index is 0.983. The fraction of sp³-hybridized carbons (Fsp3) is 0.894. The van der Waals surface area contributed by atoms with Crippen LogP contribution < -0.4 is 16.0 Å². The van der Waals surface area contributed by atoms with Crippen molar-refractivity contribution in [1.29, 1.82) is 0 Å². The second-order valence-corrected chi connectivity index (χ2v) is 28.0. The number of carboxylic acids is 1. The number of carboxylic acid groups (broad SMARTS) is 1. The average Bonchev–Trinajstić information content (AvgIpc) is 0.759. The molecule has 8 aliphatic rings. The number of aliphatic carboxylic acids is 1. The van der Waals surface area contributed by atoms with Gasteiger partial charge in [0, 0.05) is 66.7 Å². The molecule has 0 saturated carbocycles. The number of amides is 3. The van der Waals surface area contributed by atoms with Crippen LogP contribution in [-0.4, -0.2) is 407 Å². The second-order valence-electron chi connectivity index (χ2n) is 28.0. The highest BCUT2D eigenvalue weighted by Gasteiger charge is 2.62. The third-order valence-corrected chi connectivity index (χ3v) is 20.4. The number of unbranched alkanes of at least 4 members (excludes halogenated alkanes) is 3. The highest BCUT2D eigenvalue weighted by molar-refractivity contribution is 5.90. The molecule has 0 radical (unpaired) electrons. The van der Waals surface area contributed by atoms with Crippen LogP contribution in [0.25, 0.3) is 0 Å². The van der Waals surface area contributed by atoms with Crippen LogP contribution in [0.4, 0.5) is 4.39 Å². The number of carbonyl (C=O) groups is 5. The maximum Gasteiger partial charge on any atom is 0.364 e. The Morgan fingerprint density at radius 1 is 0.486 bits per heavy atom. The lowest BCUT2D eigenvalue weighted by atomic mass is 9.89. The quantitative estimate of drug-likeness (QED) is 0.0210. The summed E-state index contributed by atoms with van der Waals surface area (Å²) < 4.78 is 103. The van der Waals surface area contributed by atoms with E-state index < -0.39 is 302 Å². The Morgan fingerprint density at radius 2 is 0.945 bits per heavy atom. The zero-order valence-corrected chi connectivity index (χ0v) is 60.1. The molecule has 7 heterocycles. The number of ether oxygens (including phenoxy) is 15. The Morgan fingerprint density at radius 3 is 1.50 bits per heavy atom. The van der Waals surface area contributed by atoms with Crippen LogP contribution in [0.1, 0.15) is 90.9 Å². The van der Waals surface area contributed by atoms with Crippen LogP contribution in [0.15, 0.2) is 0 Å². The van der Waals surface area contributed by atoms with E-state index in [1.54, 1.807) is 0 Å². The summed E-state index contributed by atoms with van der Waals surface area (Å²) in [7, 11) is 2.18.